The number of aryl methyl sites for hydroxylation is 2. The monoisotopic (exact) mass is 244 g/mol. The van der Waals surface area contributed by atoms with Gasteiger partial charge in [-0.2, -0.15) is 0 Å². The molecular formula is C16H24N2. The maximum atomic E-state index is 3.60. The summed E-state index contributed by atoms with van der Waals surface area (Å²) in [7, 11) is 0. The van der Waals surface area contributed by atoms with Crippen LogP contribution in [0.5, 0.6) is 0 Å². The average Bonchev–Trinajstić information content (AvgIpc) is 3.09. The highest BCUT2D eigenvalue weighted by atomic mass is 15.3. The maximum absolute atomic E-state index is 3.60. The molecule has 0 saturated heterocycles. The summed E-state index contributed by atoms with van der Waals surface area (Å²) in [5.41, 5.74) is 5.72. The van der Waals surface area contributed by atoms with Crippen LogP contribution in [-0.2, 0) is 0 Å². The Morgan fingerprint density at radius 3 is 2.56 bits per heavy atom. The molecule has 0 amide bonds. The molecule has 2 nitrogen and oxygen atoms in total. The second-order valence-corrected chi connectivity index (χ2v) is 6.67. The van der Waals surface area contributed by atoms with Gasteiger partial charge in [-0.25, -0.2) is 0 Å². The van der Waals surface area contributed by atoms with E-state index in [1.165, 1.54) is 41.9 Å². The van der Waals surface area contributed by atoms with E-state index in [-0.39, 0.29) is 5.54 Å². The van der Waals surface area contributed by atoms with Crippen LogP contribution in [0.1, 0.15) is 37.8 Å². The van der Waals surface area contributed by atoms with Crippen LogP contribution in [0.2, 0.25) is 0 Å². The molecule has 0 atom stereocenters. The minimum Gasteiger partial charge on any atom is -0.381 e. The van der Waals surface area contributed by atoms with Crippen molar-refractivity contribution in [3.63, 3.8) is 0 Å². The fourth-order valence-electron chi connectivity index (χ4n) is 2.80. The van der Waals surface area contributed by atoms with Crippen LogP contribution in [0.3, 0.4) is 0 Å². The van der Waals surface area contributed by atoms with Crippen LogP contribution in [0, 0.1) is 19.8 Å². The molecule has 1 aliphatic carbocycles. The summed E-state index contributed by atoms with van der Waals surface area (Å²) in [5.74, 6) is 0.928. The summed E-state index contributed by atoms with van der Waals surface area (Å²) in [6.07, 6.45) is 2.83. The van der Waals surface area contributed by atoms with Gasteiger partial charge in [-0.15, -0.1) is 0 Å². The molecule has 98 valence electrons. The van der Waals surface area contributed by atoms with Crippen molar-refractivity contribution >= 4 is 11.4 Å². The quantitative estimate of drug-likeness (QED) is 0.853. The number of benzene rings is 1. The Bertz CT molecular complexity index is 472. The summed E-state index contributed by atoms with van der Waals surface area (Å²) >= 11 is 0. The van der Waals surface area contributed by atoms with Crippen molar-refractivity contribution in [2.75, 3.05) is 23.3 Å². The standard InChI is InChI=1S/C16H24N2/c1-11-7-14-15(8-12(11)2)18(9-13-5-6-13)16(3,4)10-17-14/h7-8,13,17H,5-6,9-10H2,1-4H3. The lowest BCUT2D eigenvalue weighted by Gasteiger charge is -2.46. The Labute approximate surface area is 110 Å². The number of nitrogens with zero attached hydrogens (tertiary/aromatic N) is 1. The van der Waals surface area contributed by atoms with E-state index in [0.29, 0.717) is 0 Å². The van der Waals surface area contributed by atoms with Gasteiger partial charge in [0.05, 0.1) is 16.9 Å². The Morgan fingerprint density at radius 2 is 1.89 bits per heavy atom. The number of hydrogen-bond acceptors (Lipinski definition) is 2. The topological polar surface area (TPSA) is 15.3 Å². The summed E-state index contributed by atoms with van der Waals surface area (Å²) < 4.78 is 0. The van der Waals surface area contributed by atoms with Crippen molar-refractivity contribution in [1.29, 1.82) is 0 Å². The highest BCUT2D eigenvalue weighted by molar-refractivity contribution is 5.75. The van der Waals surface area contributed by atoms with Gasteiger partial charge in [0.1, 0.15) is 0 Å². The van der Waals surface area contributed by atoms with Crippen LogP contribution in [0.25, 0.3) is 0 Å². The van der Waals surface area contributed by atoms with Crippen LogP contribution in [0.15, 0.2) is 12.1 Å². The summed E-state index contributed by atoms with van der Waals surface area (Å²) in [6.45, 7) is 11.4. The number of nitrogens with one attached hydrogen (secondary N) is 1. The lowest BCUT2D eigenvalue weighted by Crippen LogP contribution is -2.53. The second kappa shape index (κ2) is 3.91. The number of hydrogen-bond donors (Lipinski definition) is 1. The van der Waals surface area contributed by atoms with Crippen molar-refractivity contribution in [2.24, 2.45) is 5.92 Å². The van der Waals surface area contributed by atoms with Gasteiger partial charge in [-0.3, -0.25) is 0 Å². The van der Waals surface area contributed by atoms with Crippen molar-refractivity contribution < 1.29 is 0 Å². The molecule has 3 rings (SSSR count). The van der Waals surface area contributed by atoms with Gasteiger partial charge in [0.15, 0.2) is 0 Å². The molecule has 0 unspecified atom stereocenters. The predicted octanol–water partition coefficient (Wildman–Crippen LogP) is 3.72. The van der Waals surface area contributed by atoms with Gasteiger partial charge in [0.2, 0.25) is 0 Å². The Morgan fingerprint density at radius 1 is 1.22 bits per heavy atom. The number of fused-ring (bicyclic) bond motifs is 1. The van der Waals surface area contributed by atoms with Gasteiger partial charge in [-0.05, 0) is 69.7 Å². The van der Waals surface area contributed by atoms with Gasteiger partial charge < -0.3 is 10.2 Å². The van der Waals surface area contributed by atoms with E-state index in [2.05, 4.69) is 50.0 Å². The van der Waals surface area contributed by atoms with Crippen molar-refractivity contribution in [3.05, 3.63) is 23.3 Å². The molecule has 0 aromatic heterocycles. The predicted molar refractivity (Wildman–Crippen MR) is 78.6 cm³/mol. The molecule has 2 aliphatic rings. The summed E-state index contributed by atoms with van der Waals surface area (Å²) in [4.78, 5) is 2.63. The third-order valence-electron chi connectivity index (χ3n) is 4.48. The molecule has 1 fully saturated rings. The zero-order valence-corrected chi connectivity index (χ0v) is 12.0. The molecule has 1 aromatic rings. The molecule has 1 aliphatic heterocycles. The summed E-state index contributed by atoms with van der Waals surface area (Å²) in [6, 6.07) is 4.67. The Hall–Kier alpha value is -1.18. The zero-order valence-electron chi connectivity index (χ0n) is 12.0. The van der Waals surface area contributed by atoms with Gasteiger partial charge >= 0.3 is 0 Å². The van der Waals surface area contributed by atoms with Crippen molar-refractivity contribution in [2.45, 2.75) is 46.1 Å². The van der Waals surface area contributed by atoms with Gasteiger partial charge in [-0.1, -0.05) is 0 Å². The largest absolute Gasteiger partial charge is 0.381 e. The SMILES string of the molecule is Cc1cc2c(cc1C)N(CC1CC1)C(C)(C)CN2. The third kappa shape index (κ3) is 1.98. The smallest absolute Gasteiger partial charge is 0.0610 e. The zero-order chi connectivity index (χ0) is 12.9. The van der Waals surface area contributed by atoms with Crippen LogP contribution in [-0.4, -0.2) is 18.6 Å². The fourth-order valence-corrected chi connectivity index (χ4v) is 2.80. The molecule has 18 heavy (non-hydrogen) atoms. The molecule has 1 aromatic carbocycles. The van der Waals surface area contributed by atoms with Crippen LogP contribution < -0.4 is 10.2 Å². The molecule has 1 N–H and O–H groups in total. The number of rotatable bonds is 2. The fraction of sp³-hybridized carbons (Fsp3) is 0.625. The lowest BCUT2D eigenvalue weighted by molar-refractivity contribution is 0.461. The van der Waals surface area contributed by atoms with Crippen LogP contribution >= 0.6 is 0 Å². The van der Waals surface area contributed by atoms with E-state index < -0.39 is 0 Å². The van der Waals surface area contributed by atoms with E-state index in [9.17, 15) is 0 Å². The minimum absolute atomic E-state index is 0.220. The van der Waals surface area contributed by atoms with Crippen LogP contribution in [0.4, 0.5) is 11.4 Å². The highest BCUT2D eigenvalue weighted by Crippen LogP contribution is 2.41. The maximum Gasteiger partial charge on any atom is 0.0610 e. The first-order valence-electron chi connectivity index (χ1n) is 7.10. The minimum atomic E-state index is 0.220. The number of anilines is 2. The highest BCUT2D eigenvalue weighted by Gasteiger charge is 2.36. The van der Waals surface area contributed by atoms with E-state index in [0.717, 1.165) is 12.5 Å². The first-order valence-corrected chi connectivity index (χ1v) is 7.10. The Balaban J connectivity index is 2.02. The molecule has 1 heterocycles. The first kappa shape index (κ1) is 11.9. The molecule has 1 saturated carbocycles. The lowest BCUT2D eigenvalue weighted by atomic mass is 9.95. The molecule has 0 radical (unpaired) electrons. The first-order chi connectivity index (χ1) is 8.47. The Kier molecular flexibility index (Phi) is 2.58. The second-order valence-electron chi connectivity index (χ2n) is 6.67. The molecule has 2 heteroatoms. The van der Waals surface area contributed by atoms with E-state index in [1.807, 2.05) is 0 Å². The van der Waals surface area contributed by atoms with Gasteiger partial charge in [0, 0.05) is 13.1 Å². The third-order valence-corrected chi connectivity index (χ3v) is 4.48. The average molecular weight is 244 g/mol. The van der Waals surface area contributed by atoms with E-state index in [1.54, 1.807) is 0 Å². The van der Waals surface area contributed by atoms with Gasteiger partial charge in [0.25, 0.3) is 0 Å². The van der Waals surface area contributed by atoms with Crippen molar-refractivity contribution in [1.82, 2.24) is 0 Å². The molecular weight excluding hydrogens is 220 g/mol. The van der Waals surface area contributed by atoms with E-state index in [4.69, 9.17) is 0 Å². The molecule has 0 spiro atoms. The van der Waals surface area contributed by atoms with Crippen molar-refractivity contribution in [3.8, 4) is 0 Å². The molecule has 0 bridgehead atoms. The van der Waals surface area contributed by atoms with E-state index >= 15 is 0 Å². The summed E-state index contributed by atoms with van der Waals surface area (Å²) in [5, 5.41) is 3.60. The normalized spacial score (nSPS) is 21.4.